The van der Waals surface area contributed by atoms with Crippen molar-refractivity contribution < 1.29 is 9.63 Å². The van der Waals surface area contributed by atoms with Crippen LogP contribution in [0, 0.1) is 5.92 Å². The van der Waals surface area contributed by atoms with Crippen molar-refractivity contribution in [2.24, 2.45) is 5.92 Å². The summed E-state index contributed by atoms with van der Waals surface area (Å²) in [7, 11) is 0. The van der Waals surface area contributed by atoms with Gasteiger partial charge in [-0.3, -0.25) is 4.84 Å². The van der Waals surface area contributed by atoms with Gasteiger partial charge in [0.05, 0.1) is 6.61 Å². The number of hydrogen-bond donors (Lipinski definition) is 2. The van der Waals surface area contributed by atoms with Gasteiger partial charge in [-0.05, 0) is 32.2 Å². The summed E-state index contributed by atoms with van der Waals surface area (Å²) in [5.74, 6) is 0.783. The monoisotopic (exact) mass is 229 g/mol. The topological polar surface area (TPSA) is 53.6 Å². The van der Waals surface area contributed by atoms with Gasteiger partial charge in [0.2, 0.25) is 0 Å². The van der Waals surface area contributed by atoms with Crippen LogP contribution in [0.1, 0.15) is 26.7 Å². The fraction of sp³-hybridized carbons (Fsp3) is 0.909. The maximum Gasteiger partial charge on any atom is 0.338 e. The van der Waals surface area contributed by atoms with Gasteiger partial charge in [0, 0.05) is 19.6 Å². The smallest absolute Gasteiger partial charge is 0.335 e. The molecule has 2 amide bonds. The zero-order valence-electron chi connectivity index (χ0n) is 10.3. The molecule has 0 spiro atoms. The zero-order chi connectivity index (χ0) is 11.8. The third-order valence-electron chi connectivity index (χ3n) is 2.76. The number of piperidine rings is 1. The van der Waals surface area contributed by atoms with Crippen molar-refractivity contribution in [2.45, 2.75) is 26.7 Å². The van der Waals surface area contributed by atoms with Crippen LogP contribution in [-0.2, 0) is 4.84 Å². The van der Waals surface area contributed by atoms with Gasteiger partial charge < -0.3 is 10.2 Å². The number of nitrogens with one attached hydrogen (secondary N) is 2. The molecule has 1 aliphatic heterocycles. The molecule has 1 saturated heterocycles. The molecule has 0 aromatic rings. The minimum Gasteiger partial charge on any atom is -0.335 e. The molecule has 0 aliphatic carbocycles. The average molecular weight is 229 g/mol. The number of nitrogens with zero attached hydrogens (tertiary/aromatic N) is 1. The number of carbonyl (C=O) groups excluding carboxylic acids is 1. The molecule has 2 N–H and O–H groups in total. The van der Waals surface area contributed by atoms with Crippen LogP contribution in [0.25, 0.3) is 0 Å². The lowest BCUT2D eigenvalue weighted by atomic mass is 10.0. The Balaban J connectivity index is 2.03. The molecule has 1 rings (SSSR count). The van der Waals surface area contributed by atoms with Crippen LogP contribution < -0.4 is 10.8 Å². The number of rotatable bonds is 5. The number of urea groups is 1. The first-order valence-corrected chi connectivity index (χ1v) is 6.10. The molecule has 1 heterocycles. The van der Waals surface area contributed by atoms with E-state index < -0.39 is 0 Å². The van der Waals surface area contributed by atoms with E-state index in [4.69, 9.17) is 4.84 Å². The third kappa shape index (κ3) is 5.32. The van der Waals surface area contributed by atoms with E-state index in [-0.39, 0.29) is 6.03 Å². The molecule has 94 valence electrons. The van der Waals surface area contributed by atoms with Gasteiger partial charge >= 0.3 is 6.03 Å². The van der Waals surface area contributed by atoms with Crippen molar-refractivity contribution in [3.8, 4) is 0 Å². The summed E-state index contributed by atoms with van der Waals surface area (Å²) in [6, 6.07) is -0.257. The van der Waals surface area contributed by atoms with Crippen molar-refractivity contribution in [3.63, 3.8) is 0 Å². The van der Waals surface area contributed by atoms with E-state index in [1.54, 1.807) is 0 Å². The Morgan fingerprint density at radius 3 is 3.06 bits per heavy atom. The van der Waals surface area contributed by atoms with Crippen molar-refractivity contribution >= 4 is 6.03 Å². The molecule has 0 unspecified atom stereocenters. The van der Waals surface area contributed by atoms with Crippen LogP contribution in [0.15, 0.2) is 0 Å². The first-order chi connectivity index (χ1) is 7.72. The molecule has 0 saturated carbocycles. The molecule has 1 aliphatic rings. The maximum atomic E-state index is 11.1. The minimum atomic E-state index is -0.257. The van der Waals surface area contributed by atoms with Gasteiger partial charge in [-0.25, -0.2) is 10.3 Å². The van der Waals surface area contributed by atoms with Gasteiger partial charge in [0.25, 0.3) is 0 Å². The molecule has 1 atom stereocenters. The van der Waals surface area contributed by atoms with Crippen molar-refractivity contribution in [3.05, 3.63) is 0 Å². The molecular formula is C11H23N3O2. The third-order valence-corrected chi connectivity index (χ3v) is 2.76. The van der Waals surface area contributed by atoms with Crippen LogP contribution in [0.4, 0.5) is 4.79 Å². The summed E-state index contributed by atoms with van der Waals surface area (Å²) >= 11 is 0. The van der Waals surface area contributed by atoms with Gasteiger partial charge in [0.1, 0.15) is 0 Å². The van der Waals surface area contributed by atoms with E-state index in [1.807, 2.05) is 6.92 Å². The number of hydroxylamine groups is 1. The second-order valence-corrected chi connectivity index (χ2v) is 4.34. The highest BCUT2D eigenvalue weighted by Gasteiger charge is 2.15. The van der Waals surface area contributed by atoms with E-state index in [2.05, 4.69) is 22.6 Å². The Labute approximate surface area is 97.5 Å². The summed E-state index contributed by atoms with van der Waals surface area (Å²) in [5.41, 5.74) is 2.31. The first-order valence-electron chi connectivity index (χ1n) is 6.10. The fourth-order valence-electron chi connectivity index (χ4n) is 1.99. The first kappa shape index (κ1) is 13.3. The van der Waals surface area contributed by atoms with Gasteiger partial charge in [0.15, 0.2) is 0 Å². The van der Waals surface area contributed by atoms with E-state index in [9.17, 15) is 4.79 Å². The van der Waals surface area contributed by atoms with Gasteiger partial charge in [-0.1, -0.05) is 6.92 Å². The summed E-state index contributed by atoms with van der Waals surface area (Å²) in [4.78, 5) is 18.3. The lowest BCUT2D eigenvalue weighted by molar-refractivity contribution is 0.0702. The highest BCUT2D eigenvalue weighted by molar-refractivity contribution is 5.72. The number of amides is 2. The van der Waals surface area contributed by atoms with Gasteiger partial charge in [-0.15, -0.1) is 0 Å². The highest BCUT2D eigenvalue weighted by atomic mass is 16.7. The Morgan fingerprint density at radius 1 is 1.56 bits per heavy atom. The summed E-state index contributed by atoms with van der Waals surface area (Å²) in [5, 5.41) is 2.76. The Bertz CT molecular complexity index is 211. The van der Waals surface area contributed by atoms with Crippen LogP contribution in [0.3, 0.4) is 0 Å². The number of likely N-dealkylation sites (tertiary alicyclic amines) is 1. The van der Waals surface area contributed by atoms with Crippen LogP contribution >= 0.6 is 0 Å². The molecule has 0 bridgehead atoms. The van der Waals surface area contributed by atoms with E-state index in [1.165, 1.54) is 12.8 Å². The lowest BCUT2D eigenvalue weighted by Crippen LogP contribution is -2.42. The van der Waals surface area contributed by atoms with E-state index in [0.717, 1.165) is 25.6 Å². The largest absolute Gasteiger partial charge is 0.338 e. The second-order valence-electron chi connectivity index (χ2n) is 4.34. The van der Waals surface area contributed by atoms with Crippen molar-refractivity contribution in [1.29, 1.82) is 0 Å². The molecule has 0 radical (unpaired) electrons. The second kappa shape index (κ2) is 7.46. The molecule has 1 fully saturated rings. The number of carbonyl (C=O) groups is 1. The van der Waals surface area contributed by atoms with Crippen LogP contribution in [0.5, 0.6) is 0 Å². The van der Waals surface area contributed by atoms with Crippen LogP contribution in [0.2, 0.25) is 0 Å². The fourth-order valence-corrected chi connectivity index (χ4v) is 1.99. The molecular weight excluding hydrogens is 206 g/mol. The molecule has 5 nitrogen and oxygen atoms in total. The average Bonchev–Trinajstić information content (AvgIpc) is 2.26. The van der Waals surface area contributed by atoms with E-state index >= 15 is 0 Å². The van der Waals surface area contributed by atoms with Gasteiger partial charge in [-0.2, -0.15) is 0 Å². The summed E-state index contributed by atoms with van der Waals surface area (Å²) in [6.45, 7) is 8.48. The quantitative estimate of drug-likeness (QED) is 0.691. The Hall–Kier alpha value is -0.810. The highest BCUT2D eigenvalue weighted by Crippen LogP contribution is 2.14. The normalized spacial score (nSPS) is 21.8. The standard InChI is InChI=1S/C11H23N3O2/c1-3-16-13-11(15)12-6-8-14-7-4-5-10(2)9-14/h10H,3-9H2,1-2H3,(H2,12,13,15)/t10-/m1/s1. The number of hydrogen-bond acceptors (Lipinski definition) is 3. The summed E-state index contributed by atoms with van der Waals surface area (Å²) in [6.07, 6.45) is 2.60. The predicted octanol–water partition coefficient (Wildman–Crippen LogP) is 0.969. The predicted molar refractivity (Wildman–Crippen MR) is 63.0 cm³/mol. The molecule has 0 aromatic carbocycles. The summed E-state index contributed by atoms with van der Waals surface area (Å²) < 4.78 is 0. The zero-order valence-corrected chi connectivity index (χ0v) is 10.3. The maximum absolute atomic E-state index is 11.1. The van der Waals surface area contributed by atoms with Crippen molar-refractivity contribution in [2.75, 3.05) is 32.8 Å². The van der Waals surface area contributed by atoms with Crippen molar-refractivity contribution in [1.82, 2.24) is 15.7 Å². The lowest BCUT2D eigenvalue weighted by Gasteiger charge is -2.30. The van der Waals surface area contributed by atoms with Crippen LogP contribution in [-0.4, -0.2) is 43.7 Å². The Kier molecular flexibility index (Phi) is 6.18. The molecule has 16 heavy (non-hydrogen) atoms. The van der Waals surface area contributed by atoms with E-state index in [0.29, 0.717) is 13.2 Å². The molecule has 5 heteroatoms. The SMILES string of the molecule is CCONC(=O)NCCN1CCC[C@@H](C)C1. The Morgan fingerprint density at radius 2 is 2.38 bits per heavy atom. The molecule has 0 aromatic heterocycles. The minimum absolute atomic E-state index is 0.257.